The molecule has 2 bridgehead atoms. The molecule has 1 spiro atoms. The molecular weight excluding hydrogens is 475 g/mol. The lowest BCUT2D eigenvalue weighted by Crippen LogP contribution is -2.68. The topological polar surface area (TPSA) is 82.1 Å². The van der Waals surface area contributed by atoms with Crippen molar-refractivity contribution in [2.24, 2.45) is 34.5 Å². The number of carbonyl (C=O) groups is 2. The first-order valence-electron chi connectivity index (χ1n) is 13.2. The molecule has 37 heavy (non-hydrogen) atoms. The molecule has 1 aromatic carbocycles. The van der Waals surface area contributed by atoms with Crippen molar-refractivity contribution in [2.45, 2.75) is 71.6 Å². The molecule has 6 rings (SSSR count). The highest BCUT2D eigenvalue weighted by molar-refractivity contribution is 5.96. The molecular formula is C30H35FO6. The number of carbonyl (C=O) groups excluding carboxylic acids is 2. The highest BCUT2D eigenvalue weighted by atomic mass is 19.1. The second kappa shape index (κ2) is 7.61. The van der Waals surface area contributed by atoms with Gasteiger partial charge in [0.15, 0.2) is 23.3 Å². The molecule has 198 valence electrons. The fourth-order valence-electron chi connectivity index (χ4n) is 8.06. The van der Waals surface area contributed by atoms with E-state index in [0.29, 0.717) is 17.1 Å². The minimum absolute atomic E-state index is 0.0205. The number of rotatable bonds is 2. The zero-order valence-corrected chi connectivity index (χ0v) is 22.2. The molecule has 4 aliphatic carbocycles. The predicted molar refractivity (Wildman–Crippen MR) is 133 cm³/mol. The minimum atomic E-state index is -1.87. The highest BCUT2D eigenvalue weighted by Gasteiger charge is 2.77. The quantitative estimate of drug-likeness (QED) is 0.462. The maximum atomic E-state index is 14.7. The predicted octanol–water partition coefficient (Wildman–Crippen LogP) is 4.62. The van der Waals surface area contributed by atoms with E-state index >= 15 is 0 Å². The van der Waals surface area contributed by atoms with Gasteiger partial charge in [-0.25, -0.2) is 9.18 Å². The van der Waals surface area contributed by atoms with E-state index in [0.717, 1.165) is 6.42 Å². The molecule has 1 saturated heterocycles. The fourth-order valence-corrected chi connectivity index (χ4v) is 8.06. The van der Waals surface area contributed by atoms with Gasteiger partial charge in [-0.05, 0) is 85.8 Å². The number of ether oxygens (including phenoxy) is 3. The Kier molecular flexibility index (Phi) is 5.13. The second-order valence-corrected chi connectivity index (χ2v) is 12.8. The van der Waals surface area contributed by atoms with Crippen LogP contribution in [0.2, 0.25) is 0 Å². The normalized spacial score (nSPS) is 42.8. The number of hydrogen-bond donors (Lipinski definition) is 1. The van der Waals surface area contributed by atoms with Crippen molar-refractivity contribution in [3.63, 3.8) is 0 Å². The molecule has 7 heteroatoms. The van der Waals surface area contributed by atoms with E-state index in [-0.39, 0.29) is 41.1 Å². The fraction of sp³-hybridized carbons (Fsp3) is 0.600. The van der Waals surface area contributed by atoms with Crippen molar-refractivity contribution >= 4 is 11.8 Å². The standard InChI is InChI=1S/C30H35FO6/c1-15-13-29-16(2)11-21-22(27(21,3)4)20(23(29)32)12-18-14-35-28(5,6)37-25(18)30(29,34)24(15)36-26(33)17-7-9-19(31)10-8-17/h7-10,12-13,16,20-22,24-25,34H,11,14H2,1-6H3/t16-,20+,21-,22+,24+,25-,29+,30-/m1/s1. The van der Waals surface area contributed by atoms with E-state index in [9.17, 15) is 19.1 Å². The van der Waals surface area contributed by atoms with Gasteiger partial charge in [-0.2, -0.15) is 0 Å². The number of Topliss-reactive ketones (excluding diaryl/α,β-unsaturated/α-hetero) is 1. The van der Waals surface area contributed by atoms with Crippen molar-refractivity contribution in [3.8, 4) is 0 Å². The van der Waals surface area contributed by atoms with Crippen LogP contribution < -0.4 is 0 Å². The van der Waals surface area contributed by atoms with Crippen LogP contribution in [-0.4, -0.2) is 47.1 Å². The number of hydrogen-bond acceptors (Lipinski definition) is 6. The molecule has 0 radical (unpaired) electrons. The van der Waals surface area contributed by atoms with Crippen molar-refractivity contribution in [2.75, 3.05) is 6.61 Å². The Morgan fingerprint density at radius 2 is 1.84 bits per heavy atom. The second-order valence-electron chi connectivity index (χ2n) is 12.8. The van der Waals surface area contributed by atoms with Crippen molar-refractivity contribution in [3.05, 3.63) is 58.9 Å². The number of allylic oxidation sites excluding steroid dienone is 1. The number of fused-ring (bicyclic) bond motifs is 5. The van der Waals surface area contributed by atoms with Gasteiger partial charge in [-0.1, -0.05) is 32.9 Å². The first-order chi connectivity index (χ1) is 17.2. The van der Waals surface area contributed by atoms with Crippen molar-refractivity contribution in [1.29, 1.82) is 0 Å². The Balaban J connectivity index is 1.51. The summed E-state index contributed by atoms with van der Waals surface area (Å²) in [6.45, 7) is 12.0. The van der Waals surface area contributed by atoms with Crippen LogP contribution in [-0.2, 0) is 19.0 Å². The summed E-state index contributed by atoms with van der Waals surface area (Å²) in [6, 6.07) is 5.08. The number of aliphatic hydroxyl groups is 1. The molecule has 0 amide bonds. The van der Waals surface area contributed by atoms with E-state index < -0.39 is 40.8 Å². The highest BCUT2D eigenvalue weighted by Crippen LogP contribution is 2.72. The van der Waals surface area contributed by atoms with Gasteiger partial charge in [0, 0.05) is 5.92 Å². The van der Waals surface area contributed by atoms with E-state index in [1.54, 1.807) is 20.8 Å². The molecule has 1 aliphatic heterocycles. The van der Waals surface area contributed by atoms with Crippen molar-refractivity contribution < 1.29 is 33.3 Å². The van der Waals surface area contributed by atoms with Crippen LogP contribution in [0, 0.1) is 40.3 Å². The third-order valence-electron chi connectivity index (χ3n) is 9.98. The van der Waals surface area contributed by atoms with Crippen molar-refractivity contribution in [1.82, 2.24) is 0 Å². The van der Waals surface area contributed by atoms with Gasteiger partial charge in [0.2, 0.25) is 0 Å². The molecule has 3 fully saturated rings. The number of esters is 1. The summed E-state index contributed by atoms with van der Waals surface area (Å²) in [6.07, 6.45) is 2.58. The Morgan fingerprint density at radius 1 is 1.16 bits per heavy atom. The van der Waals surface area contributed by atoms with Crippen LogP contribution in [0.5, 0.6) is 0 Å². The minimum Gasteiger partial charge on any atom is -0.451 e. The Bertz CT molecular complexity index is 1250. The zero-order chi connectivity index (χ0) is 26.7. The van der Waals surface area contributed by atoms with Crippen LogP contribution in [0.1, 0.15) is 58.3 Å². The van der Waals surface area contributed by atoms with E-state index in [1.165, 1.54) is 24.3 Å². The van der Waals surface area contributed by atoms with E-state index in [1.807, 2.05) is 19.1 Å². The summed E-state index contributed by atoms with van der Waals surface area (Å²) >= 11 is 0. The molecule has 2 saturated carbocycles. The number of halogens is 1. The summed E-state index contributed by atoms with van der Waals surface area (Å²) in [4.78, 5) is 27.9. The zero-order valence-electron chi connectivity index (χ0n) is 22.2. The Hall–Kier alpha value is -2.35. The summed E-state index contributed by atoms with van der Waals surface area (Å²) in [5.41, 5.74) is -1.66. The smallest absolute Gasteiger partial charge is 0.338 e. The molecule has 6 nitrogen and oxygen atoms in total. The van der Waals surface area contributed by atoms with E-state index in [2.05, 4.69) is 13.8 Å². The van der Waals surface area contributed by atoms with E-state index in [4.69, 9.17) is 14.2 Å². The first kappa shape index (κ1) is 25.0. The first-order valence-corrected chi connectivity index (χ1v) is 13.2. The maximum absolute atomic E-state index is 14.7. The number of ketones is 1. The molecule has 5 aliphatic rings. The largest absolute Gasteiger partial charge is 0.451 e. The van der Waals surface area contributed by atoms with Gasteiger partial charge in [-0.15, -0.1) is 0 Å². The van der Waals surface area contributed by atoms with Gasteiger partial charge in [0.25, 0.3) is 0 Å². The molecule has 1 aromatic rings. The number of benzene rings is 1. The molecule has 0 aromatic heterocycles. The Labute approximate surface area is 216 Å². The third-order valence-corrected chi connectivity index (χ3v) is 9.98. The molecule has 1 heterocycles. The van der Waals surface area contributed by atoms with Crippen LogP contribution >= 0.6 is 0 Å². The van der Waals surface area contributed by atoms with Gasteiger partial charge in [0.05, 0.1) is 17.6 Å². The Morgan fingerprint density at radius 3 is 2.51 bits per heavy atom. The average Bonchev–Trinajstić information content (AvgIpc) is 3.32. The lowest BCUT2D eigenvalue weighted by atomic mass is 9.59. The average molecular weight is 511 g/mol. The lowest BCUT2D eigenvalue weighted by molar-refractivity contribution is -0.302. The monoisotopic (exact) mass is 510 g/mol. The van der Waals surface area contributed by atoms with Gasteiger partial charge in [0.1, 0.15) is 11.9 Å². The third kappa shape index (κ3) is 3.20. The molecule has 1 N–H and O–H groups in total. The lowest BCUT2D eigenvalue weighted by Gasteiger charge is -2.52. The summed E-state index contributed by atoms with van der Waals surface area (Å²) in [7, 11) is 0. The van der Waals surface area contributed by atoms with Gasteiger partial charge in [-0.3, -0.25) is 4.79 Å². The summed E-state index contributed by atoms with van der Waals surface area (Å²) < 4.78 is 31.9. The summed E-state index contributed by atoms with van der Waals surface area (Å²) in [5.74, 6) is -2.29. The summed E-state index contributed by atoms with van der Waals surface area (Å²) in [5, 5.41) is 13.0. The van der Waals surface area contributed by atoms with Crippen LogP contribution in [0.25, 0.3) is 0 Å². The molecule has 8 atom stereocenters. The maximum Gasteiger partial charge on any atom is 0.338 e. The van der Waals surface area contributed by atoms with Gasteiger partial charge >= 0.3 is 5.97 Å². The van der Waals surface area contributed by atoms with Crippen LogP contribution in [0.15, 0.2) is 47.6 Å². The molecule has 0 unspecified atom stereocenters. The van der Waals surface area contributed by atoms with Crippen LogP contribution in [0.3, 0.4) is 0 Å². The van der Waals surface area contributed by atoms with Crippen LogP contribution in [0.4, 0.5) is 4.39 Å². The van der Waals surface area contributed by atoms with Gasteiger partial charge < -0.3 is 19.3 Å². The SMILES string of the molecule is CC1=C[C@]23C(=O)[C@@H](C=C4COC(C)(C)O[C@H]4[C@]2(O)[C@H]1OC(=O)c1ccc(F)cc1)[C@H]1[C@@H](C[C@H]3C)C1(C)C.